The molecule has 1 unspecified atom stereocenters. The number of nitrogens with one attached hydrogen (secondary N) is 1. The summed E-state index contributed by atoms with van der Waals surface area (Å²) in [7, 11) is 1.61. The smallest absolute Gasteiger partial charge is 0.251 e. The molecular weight excluding hydrogens is 574 g/mol. The maximum atomic E-state index is 14.1. The monoisotopic (exact) mass is 611 g/mol. The summed E-state index contributed by atoms with van der Waals surface area (Å²) >= 11 is 1.27. The Hall–Kier alpha value is -4.41. The molecule has 3 aromatic carbocycles. The van der Waals surface area contributed by atoms with Crippen LogP contribution in [0.3, 0.4) is 0 Å². The van der Waals surface area contributed by atoms with Gasteiger partial charge in [-0.2, -0.15) is 0 Å². The molecule has 0 radical (unpaired) electrons. The van der Waals surface area contributed by atoms with Crippen molar-refractivity contribution in [1.29, 1.82) is 0 Å². The van der Waals surface area contributed by atoms with E-state index in [9.17, 15) is 9.59 Å². The summed E-state index contributed by atoms with van der Waals surface area (Å²) in [6, 6.07) is 25.7. The van der Waals surface area contributed by atoms with E-state index in [0.717, 1.165) is 35.7 Å². The summed E-state index contributed by atoms with van der Waals surface area (Å²) in [6.45, 7) is 7.08. The molecule has 1 N–H and O–H groups in total. The SMILES string of the molecule is COc1ccc(CN(C(=O)CSc2nc(C)cc(C)n2)C(C(=O)Nc2ccc(N3CCOCC3)cc2)c2ccccc2)cc1. The molecule has 44 heavy (non-hydrogen) atoms. The molecule has 2 heterocycles. The number of hydrogen-bond donors (Lipinski definition) is 1. The molecule has 1 atom stereocenters. The third-order valence-corrected chi connectivity index (χ3v) is 8.14. The highest BCUT2D eigenvalue weighted by atomic mass is 32.2. The summed E-state index contributed by atoms with van der Waals surface area (Å²) in [5.74, 6) is 0.279. The first kappa shape index (κ1) is 31.0. The van der Waals surface area contributed by atoms with Crippen LogP contribution in [0, 0.1) is 13.8 Å². The number of hydrogen-bond acceptors (Lipinski definition) is 8. The Bertz CT molecular complexity index is 1520. The first-order chi connectivity index (χ1) is 21.4. The Labute approximate surface area is 262 Å². The number of morpholine rings is 1. The number of carbonyl (C=O) groups excluding carboxylic acids is 2. The van der Waals surface area contributed by atoms with Gasteiger partial charge in [-0.15, -0.1) is 0 Å². The molecular formula is C34H37N5O4S. The first-order valence-corrected chi connectivity index (χ1v) is 15.5. The average Bonchev–Trinajstić information content (AvgIpc) is 3.04. The van der Waals surface area contributed by atoms with E-state index in [1.807, 2.05) is 98.8 Å². The van der Waals surface area contributed by atoms with Crippen LogP contribution in [-0.2, 0) is 20.9 Å². The van der Waals surface area contributed by atoms with E-state index in [4.69, 9.17) is 9.47 Å². The van der Waals surface area contributed by atoms with Crippen molar-refractivity contribution in [3.05, 3.63) is 107 Å². The predicted octanol–water partition coefficient (Wildman–Crippen LogP) is 5.44. The Morgan fingerprint density at radius 3 is 2.25 bits per heavy atom. The van der Waals surface area contributed by atoms with E-state index in [2.05, 4.69) is 20.2 Å². The molecule has 9 nitrogen and oxygen atoms in total. The molecule has 0 aliphatic carbocycles. The van der Waals surface area contributed by atoms with Crippen molar-refractivity contribution in [3.8, 4) is 5.75 Å². The van der Waals surface area contributed by atoms with E-state index in [0.29, 0.717) is 35.4 Å². The van der Waals surface area contributed by atoms with Gasteiger partial charge in [-0.25, -0.2) is 9.97 Å². The molecule has 5 rings (SSSR count). The number of anilines is 2. The number of nitrogens with zero attached hydrogens (tertiary/aromatic N) is 4. The normalized spacial score (nSPS) is 13.7. The second kappa shape index (κ2) is 14.9. The van der Waals surface area contributed by atoms with Crippen molar-refractivity contribution in [2.24, 2.45) is 0 Å². The molecule has 1 saturated heterocycles. The Morgan fingerprint density at radius 1 is 0.955 bits per heavy atom. The van der Waals surface area contributed by atoms with E-state index < -0.39 is 6.04 Å². The minimum absolute atomic E-state index is 0.0733. The number of ether oxygens (including phenoxy) is 2. The van der Waals surface area contributed by atoms with Crippen molar-refractivity contribution in [3.63, 3.8) is 0 Å². The lowest BCUT2D eigenvalue weighted by Crippen LogP contribution is -2.41. The number of benzene rings is 3. The average molecular weight is 612 g/mol. The third-order valence-electron chi connectivity index (χ3n) is 7.31. The standard InChI is InChI=1S/C34H37N5O4S/c1-24-21-25(2)36-34(35-24)44-23-31(40)39(22-26-9-15-30(42-3)16-10-26)32(27-7-5-4-6-8-27)33(41)37-28-11-13-29(14-12-28)38-17-19-43-20-18-38/h4-16,21,32H,17-20,22-23H2,1-3H3,(H,37,41). The van der Waals surface area contributed by atoms with Crippen LogP contribution >= 0.6 is 11.8 Å². The van der Waals surface area contributed by atoms with Gasteiger partial charge in [0.1, 0.15) is 11.8 Å². The lowest BCUT2D eigenvalue weighted by molar-refractivity contribution is -0.137. The van der Waals surface area contributed by atoms with Gasteiger partial charge in [0, 0.05) is 42.4 Å². The van der Waals surface area contributed by atoms with E-state index in [1.54, 1.807) is 12.0 Å². The van der Waals surface area contributed by atoms with Crippen LogP contribution < -0.4 is 15.0 Å². The van der Waals surface area contributed by atoms with Crippen LogP contribution in [0.1, 0.15) is 28.6 Å². The molecule has 1 aliphatic heterocycles. The molecule has 0 spiro atoms. The van der Waals surface area contributed by atoms with Crippen LogP contribution in [0.25, 0.3) is 0 Å². The predicted molar refractivity (Wildman–Crippen MR) is 173 cm³/mol. The minimum Gasteiger partial charge on any atom is -0.497 e. The van der Waals surface area contributed by atoms with E-state index in [-0.39, 0.29) is 24.1 Å². The molecule has 228 valence electrons. The van der Waals surface area contributed by atoms with Crippen molar-refractivity contribution in [2.45, 2.75) is 31.6 Å². The van der Waals surface area contributed by atoms with Crippen molar-refractivity contribution >= 4 is 35.0 Å². The maximum Gasteiger partial charge on any atom is 0.251 e. The highest BCUT2D eigenvalue weighted by Crippen LogP contribution is 2.28. The van der Waals surface area contributed by atoms with Gasteiger partial charge in [-0.1, -0.05) is 54.2 Å². The quantitative estimate of drug-likeness (QED) is 0.177. The van der Waals surface area contributed by atoms with Gasteiger partial charge in [0.2, 0.25) is 5.91 Å². The zero-order valence-corrected chi connectivity index (χ0v) is 26.0. The number of rotatable bonds is 11. The zero-order valence-electron chi connectivity index (χ0n) is 25.2. The Kier molecular flexibility index (Phi) is 10.5. The summed E-state index contributed by atoms with van der Waals surface area (Å²) in [5, 5.41) is 3.60. The third kappa shape index (κ3) is 8.15. The van der Waals surface area contributed by atoms with E-state index >= 15 is 0 Å². The van der Waals surface area contributed by atoms with E-state index in [1.165, 1.54) is 11.8 Å². The lowest BCUT2D eigenvalue weighted by atomic mass is 10.0. The van der Waals surface area contributed by atoms with Gasteiger partial charge < -0.3 is 24.6 Å². The molecule has 0 bridgehead atoms. The maximum absolute atomic E-state index is 14.1. The second-order valence-corrected chi connectivity index (χ2v) is 11.5. The molecule has 1 aliphatic rings. The lowest BCUT2D eigenvalue weighted by Gasteiger charge is -2.32. The zero-order chi connectivity index (χ0) is 30.9. The molecule has 4 aromatic rings. The Morgan fingerprint density at radius 2 is 1.61 bits per heavy atom. The largest absolute Gasteiger partial charge is 0.497 e. The van der Waals surface area contributed by atoms with Crippen molar-refractivity contribution in [2.75, 3.05) is 49.4 Å². The van der Waals surface area contributed by atoms with Crippen molar-refractivity contribution < 1.29 is 19.1 Å². The number of carbonyl (C=O) groups is 2. The van der Waals surface area contributed by atoms with Crippen LogP contribution in [-0.4, -0.2) is 65.8 Å². The van der Waals surface area contributed by atoms with Gasteiger partial charge in [-0.05, 0) is 67.4 Å². The van der Waals surface area contributed by atoms with Crippen LogP contribution in [0.5, 0.6) is 5.75 Å². The second-order valence-electron chi connectivity index (χ2n) is 10.5. The molecule has 2 amide bonds. The van der Waals surface area contributed by atoms with Gasteiger partial charge in [0.15, 0.2) is 5.16 Å². The topological polar surface area (TPSA) is 96.9 Å². The van der Waals surface area contributed by atoms with Gasteiger partial charge >= 0.3 is 0 Å². The highest BCUT2D eigenvalue weighted by molar-refractivity contribution is 7.99. The molecule has 1 aromatic heterocycles. The number of aromatic nitrogens is 2. The first-order valence-electron chi connectivity index (χ1n) is 14.6. The fraction of sp³-hybridized carbons (Fsp3) is 0.294. The summed E-state index contributed by atoms with van der Waals surface area (Å²) in [4.78, 5) is 41.0. The van der Waals surface area contributed by atoms with Crippen LogP contribution in [0.15, 0.2) is 90.1 Å². The minimum atomic E-state index is -0.884. The molecule has 0 saturated carbocycles. The van der Waals surface area contributed by atoms with Gasteiger partial charge in [0.25, 0.3) is 5.91 Å². The Balaban J connectivity index is 1.42. The summed E-state index contributed by atoms with van der Waals surface area (Å²) in [5.41, 5.74) is 4.99. The van der Waals surface area contributed by atoms with Crippen LogP contribution in [0.2, 0.25) is 0 Å². The van der Waals surface area contributed by atoms with Crippen molar-refractivity contribution in [1.82, 2.24) is 14.9 Å². The van der Waals surface area contributed by atoms with Gasteiger partial charge in [0.05, 0.1) is 26.1 Å². The molecule has 1 fully saturated rings. The van der Waals surface area contributed by atoms with Gasteiger partial charge in [-0.3, -0.25) is 9.59 Å². The summed E-state index contributed by atoms with van der Waals surface area (Å²) in [6.07, 6.45) is 0. The fourth-order valence-electron chi connectivity index (χ4n) is 5.11. The summed E-state index contributed by atoms with van der Waals surface area (Å²) < 4.78 is 10.8. The number of amides is 2. The highest BCUT2D eigenvalue weighted by Gasteiger charge is 2.32. The van der Waals surface area contributed by atoms with Crippen LogP contribution in [0.4, 0.5) is 11.4 Å². The molecule has 10 heteroatoms. The number of aryl methyl sites for hydroxylation is 2. The fourth-order valence-corrected chi connectivity index (χ4v) is 5.95. The number of thioether (sulfide) groups is 1. The number of methoxy groups -OCH3 is 1.